The second kappa shape index (κ2) is 2.85. The van der Waals surface area contributed by atoms with Gasteiger partial charge in [0.1, 0.15) is 0 Å². The Morgan fingerprint density at radius 3 is 2.36 bits per heavy atom. The molecule has 1 spiro atoms. The third-order valence-corrected chi connectivity index (χ3v) is 4.57. The Morgan fingerprint density at radius 1 is 1.18 bits per heavy atom. The van der Waals surface area contributed by atoms with E-state index in [1.165, 1.54) is 38.8 Å². The molecule has 1 atom stereocenters. The minimum absolute atomic E-state index is 0.471. The van der Waals surface area contributed by atoms with Gasteiger partial charge < -0.3 is 0 Å². The topological polar surface area (TPSA) is 6.48 Å². The Morgan fingerprint density at radius 2 is 2.00 bits per heavy atom. The quantitative estimate of drug-likeness (QED) is 0.487. The summed E-state index contributed by atoms with van der Waals surface area (Å²) in [5.74, 6) is 0. The fourth-order valence-corrected chi connectivity index (χ4v) is 3.32. The van der Waals surface area contributed by atoms with Crippen molar-refractivity contribution < 1.29 is 0 Å². The average Bonchev–Trinajstić information content (AvgIpc) is 2.03. The Balaban J connectivity index is 2.09. The molecule has 2 rings (SSSR count). The predicted octanol–water partition coefficient (Wildman–Crippen LogP) is 1.85. The zero-order chi connectivity index (χ0) is 7.90. The molecular formula is C8H15IN2. The maximum atomic E-state index is 2.53. The van der Waals surface area contributed by atoms with Gasteiger partial charge in [-0.15, -0.1) is 0 Å². The molecule has 64 valence electrons. The van der Waals surface area contributed by atoms with Crippen LogP contribution in [0.5, 0.6) is 0 Å². The Labute approximate surface area is 82.4 Å². The molecule has 0 saturated carbocycles. The second-order valence-corrected chi connectivity index (χ2v) is 4.86. The first kappa shape index (κ1) is 8.26. The zero-order valence-corrected chi connectivity index (χ0v) is 9.17. The summed E-state index contributed by atoms with van der Waals surface area (Å²) in [6.45, 7) is 2.57. The predicted molar refractivity (Wildman–Crippen MR) is 54.6 cm³/mol. The standard InChI is InChI=1S/C8H15IN2/c1-10-6-3-2-4-8(10)5-7-11(8)9/h2-7H2,1H3. The van der Waals surface area contributed by atoms with Crippen LogP contribution in [0.15, 0.2) is 0 Å². The Bertz CT molecular complexity index is 162. The van der Waals surface area contributed by atoms with Gasteiger partial charge in [-0.2, -0.15) is 0 Å². The summed E-state index contributed by atoms with van der Waals surface area (Å²) in [6, 6.07) is 0. The summed E-state index contributed by atoms with van der Waals surface area (Å²) >= 11 is 2.47. The lowest BCUT2D eigenvalue weighted by molar-refractivity contribution is -0.0732. The molecule has 2 fully saturated rings. The third kappa shape index (κ3) is 1.12. The molecule has 2 aliphatic rings. The van der Waals surface area contributed by atoms with Crippen LogP contribution >= 0.6 is 22.9 Å². The van der Waals surface area contributed by atoms with Crippen LogP contribution in [-0.4, -0.2) is 33.8 Å². The first-order valence-corrected chi connectivity index (χ1v) is 5.37. The van der Waals surface area contributed by atoms with Gasteiger partial charge in [0.15, 0.2) is 0 Å². The minimum Gasteiger partial charge on any atom is -0.288 e. The van der Waals surface area contributed by atoms with Gasteiger partial charge in [0, 0.05) is 29.4 Å². The molecule has 0 bridgehead atoms. The molecule has 0 N–H and O–H groups in total. The van der Waals surface area contributed by atoms with Crippen molar-refractivity contribution in [2.75, 3.05) is 20.1 Å². The fourth-order valence-electron chi connectivity index (χ4n) is 2.23. The lowest BCUT2D eigenvalue weighted by atomic mass is 9.87. The van der Waals surface area contributed by atoms with Crippen molar-refractivity contribution in [3.63, 3.8) is 0 Å². The molecule has 0 aromatic heterocycles. The number of hydrogen-bond donors (Lipinski definition) is 0. The lowest BCUT2D eigenvalue weighted by Gasteiger charge is -2.56. The van der Waals surface area contributed by atoms with Gasteiger partial charge in [-0.25, -0.2) is 3.11 Å². The van der Waals surface area contributed by atoms with Crippen LogP contribution in [0, 0.1) is 0 Å². The Kier molecular flexibility index (Phi) is 2.14. The summed E-state index contributed by atoms with van der Waals surface area (Å²) in [5.41, 5.74) is 0.471. The fraction of sp³-hybridized carbons (Fsp3) is 1.00. The number of hydrogen-bond acceptors (Lipinski definition) is 2. The zero-order valence-electron chi connectivity index (χ0n) is 7.02. The number of piperidine rings is 1. The molecule has 0 radical (unpaired) electrons. The third-order valence-electron chi connectivity index (χ3n) is 3.19. The van der Waals surface area contributed by atoms with Crippen LogP contribution in [0.1, 0.15) is 25.7 Å². The van der Waals surface area contributed by atoms with Crippen LogP contribution in [0.4, 0.5) is 0 Å². The van der Waals surface area contributed by atoms with E-state index >= 15 is 0 Å². The molecule has 11 heavy (non-hydrogen) atoms. The van der Waals surface area contributed by atoms with Crippen molar-refractivity contribution >= 4 is 22.9 Å². The van der Waals surface area contributed by atoms with Crippen molar-refractivity contribution in [2.24, 2.45) is 0 Å². The van der Waals surface area contributed by atoms with Gasteiger partial charge in [-0.05, 0) is 39.3 Å². The molecular weight excluding hydrogens is 251 g/mol. The van der Waals surface area contributed by atoms with E-state index < -0.39 is 0 Å². The summed E-state index contributed by atoms with van der Waals surface area (Å²) in [5, 5.41) is 0. The highest BCUT2D eigenvalue weighted by atomic mass is 127. The molecule has 0 aromatic carbocycles. The van der Waals surface area contributed by atoms with Crippen molar-refractivity contribution in [2.45, 2.75) is 31.3 Å². The molecule has 0 amide bonds. The SMILES string of the molecule is CN1CCCCC12CCN2I. The molecule has 1 unspecified atom stereocenters. The van der Waals surface area contributed by atoms with Crippen molar-refractivity contribution in [3.05, 3.63) is 0 Å². The number of rotatable bonds is 0. The van der Waals surface area contributed by atoms with Gasteiger partial charge in [-0.3, -0.25) is 4.90 Å². The molecule has 2 heterocycles. The summed E-state index contributed by atoms with van der Waals surface area (Å²) in [4.78, 5) is 2.53. The monoisotopic (exact) mass is 266 g/mol. The van der Waals surface area contributed by atoms with Gasteiger partial charge in [0.2, 0.25) is 0 Å². The normalized spacial score (nSPS) is 40.9. The van der Waals surface area contributed by atoms with Crippen molar-refractivity contribution in [1.82, 2.24) is 8.01 Å². The van der Waals surface area contributed by atoms with E-state index in [2.05, 4.69) is 37.9 Å². The van der Waals surface area contributed by atoms with E-state index in [4.69, 9.17) is 0 Å². The van der Waals surface area contributed by atoms with E-state index in [-0.39, 0.29) is 0 Å². The van der Waals surface area contributed by atoms with Crippen LogP contribution < -0.4 is 0 Å². The van der Waals surface area contributed by atoms with Crippen molar-refractivity contribution in [1.29, 1.82) is 0 Å². The largest absolute Gasteiger partial charge is 0.288 e. The first-order valence-electron chi connectivity index (χ1n) is 4.40. The van der Waals surface area contributed by atoms with Crippen LogP contribution in [0.3, 0.4) is 0 Å². The molecule has 2 nitrogen and oxygen atoms in total. The lowest BCUT2D eigenvalue weighted by Crippen LogP contribution is -2.65. The van der Waals surface area contributed by atoms with E-state index in [1.54, 1.807) is 0 Å². The summed E-state index contributed by atoms with van der Waals surface area (Å²) in [7, 11) is 2.27. The highest BCUT2D eigenvalue weighted by Gasteiger charge is 2.47. The molecule has 3 heteroatoms. The smallest absolute Gasteiger partial charge is 0.0836 e. The highest BCUT2D eigenvalue weighted by Crippen LogP contribution is 2.42. The number of nitrogens with zero attached hydrogens (tertiary/aromatic N) is 2. The van der Waals surface area contributed by atoms with E-state index in [0.717, 1.165) is 0 Å². The molecule has 2 aliphatic heterocycles. The maximum absolute atomic E-state index is 2.53. The second-order valence-electron chi connectivity index (χ2n) is 3.70. The molecule has 0 aromatic rings. The van der Waals surface area contributed by atoms with E-state index in [1.807, 2.05) is 0 Å². The van der Waals surface area contributed by atoms with Crippen LogP contribution in [0.2, 0.25) is 0 Å². The summed E-state index contributed by atoms with van der Waals surface area (Å²) < 4.78 is 2.48. The highest BCUT2D eigenvalue weighted by molar-refractivity contribution is 14.1. The van der Waals surface area contributed by atoms with Crippen LogP contribution in [0.25, 0.3) is 0 Å². The number of halogens is 1. The molecule has 0 aliphatic carbocycles. The Hall–Kier alpha value is 0.650. The van der Waals surface area contributed by atoms with E-state index in [0.29, 0.717) is 5.66 Å². The maximum Gasteiger partial charge on any atom is 0.0836 e. The van der Waals surface area contributed by atoms with E-state index in [9.17, 15) is 0 Å². The van der Waals surface area contributed by atoms with Crippen LogP contribution in [-0.2, 0) is 0 Å². The number of likely N-dealkylation sites (tertiary alicyclic amines) is 1. The summed E-state index contributed by atoms with van der Waals surface area (Å²) in [6.07, 6.45) is 5.57. The van der Waals surface area contributed by atoms with Gasteiger partial charge >= 0.3 is 0 Å². The van der Waals surface area contributed by atoms with Crippen molar-refractivity contribution in [3.8, 4) is 0 Å². The minimum atomic E-state index is 0.471. The van der Waals surface area contributed by atoms with Gasteiger partial charge in [-0.1, -0.05) is 0 Å². The van der Waals surface area contributed by atoms with Gasteiger partial charge in [0.25, 0.3) is 0 Å². The van der Waals surface area contributed by atoms with Gasteiger partial charge in [0.05, 0.1) is 5.66 Å². The average molecular weight is 266 g/mol. The molecule has 2 saturated heterocycles. The first-order chi connectivity index (χ1) is 5.26.